The van der Waals surface area contributed by atoms with E-state index in [9.17, 15) is 0 Å². The van der Waals surface area contributed by atoms with Crippen molar-refractivity contribution in [3.63, 3.8) is 0 Å². The van der Waals surface area contributed by atoms with Gasteiger partial charge in [-0.3, -0.25) is 0 Å². The molecule has 1 aromatic carbocycles. The number of benzene rings is 1. The summed E-state index contributed by atoms with van der Waals surface area (Å²) in [5, 5.41) is 4.09. The van der Waals surface area contributed by atoms with E-state index in [1.807, 2.05) is 18.7 Å². The summed E-state index contributed by atoms with van der Waals surface area (Å²) >= 11 is 1.60. The van der Waals surface area contributed by atoms with Gasteiger partial charge in [-0.05, 0) is 24.6 Å². The third kappa shape index (κ3) is 2.33. The summed E-state index contributed by atoms with van der Waals surface area (Å²) in [5.41, 5.74) is 10.7. The Morgan fingerprint density at radius 2 is 2.12 bits per heavy atom. The molecule has 7 heteroatoms. The first-order valence-corrected chi connectivity index (χ1v) is 8.61. The van der Waals surface area contributed by atoms with E-state index in [-0.39, 0.29) is 0 Å². The Labute approximate surface area is 143 Å². The van der Waals surface area contributed by atoms with Gasteiger partial charge >= 0.3 is 0 Å². The molecule has 0 saturated heterocycles. The molecule has 3 heterocycles. The zero-order valence-electron chi connectivity index (χ0n) is 13.6. The minimum atomic E-state index is 0.645. The molecular formula is C17H18N6S. The Balaban J connectivity index is 1.94. The first-order valence-electron chi connectivity index (χ1n) is 7.80. The number of fused-ring (bicyclic) bond motifs is 3. The second-order valence-corrected chi connectivity index (χ2v) is 6.65. The Bertz CT molecular complexity index is 1030. The lowest BCUT2D eigenvalue weighted by molar-refractivity contribution is 0.949. The molecule has 6 nitrogen and oxygen atoms in total. The summed E-state index contributed by atoms with van der Waals surface area (Å²) in [4.78, 5) is 14.9. The van der Waals surface area contributed by atoms with Gasteiger partial charge in [-0.15, -0.1) is 0 Å². The van der Waals surface area contributed by atoms with E-state index in [1.54, 1.807) is 17.7 Å². The average Bonchev–Trinajstić information content (AvgIpc) is 3.18. The van der Waals surface area contributed by atoms with Gasteiger partial charge in [0, 0.05) is 19.7 Å². The molecule has 3 aromatic heterocycles. The average molecular weight is 338 g/mol. The highest BCUT2D eigenvalue weighted by Gasteiger charge is 2.17. The molecule has 0 aliphatic rings. The fraction of sp³-hybridized carbons (Fsp3) is 0.235. The molecule has 0 unspecified atom stereocenters. The topological polar surface area (TPSA) is 81.7 Å². The summed E-state index contributed by atoms with van der Waals surface area (Å²) in [6.45, 7) is 0.645. The van der Waals surface area contributed by atoms with Crippen LogP contribution in [0.25, 0.3) is 32.0 Å². The number of nitrogens with zero attached hydrogens (tertiary/aromatic N) is 4. The largest absolute Gasteiger partial charge is 0.371 e. The molecule has 0 aliphatic carbocycles. The van der Waals surface area contributed by atoms with Crippen molar-refractivity contribution in [1.82, 2.24) is 19.5 Å². The highest BCUT2D eigenvalue weighted by atomic mass is 32.1. The van der Waals surface area contributed by atoms with Crippen molar-refractivity contribution in [2.45, 2.75) is 6.42 Å². The van der Waals surface area contributed by atoms with E-state index < -0.39 is 0 Å². The van der Waals surface area contributed by atoms with Crippen LogP contribution in [0.5, 0.6) is 0 Å². The van der Waals surface area contributed by atoms with Crippen molar-refractivity contribution in [2.75, 3.05) is 18.9 Å². The molecule has 122 valence electrons. The summed E-state index contributed by atoms with van der Waals surface area (Å²) in [6.07, 6.45) is 2.67. The number of rotatable bonds is 4. The van der Waals surface area contributed by atoms with Crippen LogP contribution in [0, 0.1) is 0 Å². The van der Waals surface area contributed by atoms with E-state index in [1.165, 1.54) is 5.56 Å². The molecule has 4 rings (SSSR count). The molecule has 0 fully saturated rings. The number of hydrogen-bond acceptors (Lipinski definition) is 6. The van der Waals surface area contributed by atoms with Crippen molar-refractivity contribution >= 4 is 38.5 Å². The smallest absolute Gasteiger partial charge is 0.155 e. The van der Waals surface area contributed by atoms with E-state index >= 15 is 0 Å². The predicted molar refractivity (Wildman–Crippen MR) is 99.4 cm³/mol. The van der Waals surface area contributed by atoms with Crippen LogP contribution in [0.2, 0.25) is 0 Å². The van der Waals surface area contributed by atoms with Crippen LogP contribution in [-0.4, -0.2) is 33.1 Å². The molecule has 0 atom stereocenters. The van der Waals surface area contributed by atoms with Gasteiger partial charge in [0.05, 0.1) is 6.33 Å². The molecule has 0 spiro atoms. The number of nitrogens with one attached hydrogen (secondary N) is 1. The fourth-order valence-corrected chi connectivity index (χ4v) is 3.84. The van der Waals surface area contributed by atoms with Crippen LogP contribution in [0.4, 0.5) is 5.82 Å². The van der Waals surface area contributed by atoms with Crippen LogP contribution in [0.1, 0.15) is 5.56 Å². The molecule has 0 aliphatic heterocycles. The number of anilines is 1. The number of pyridine rings is 1. The number of imidazole rings is 1. The Hall–Kier alpha value is -2.51. The number of nitrogens with two attached hydrogens (primary N) is 1. The van der Waals surface area contributed by atoms with Crippen molar-refractivity contribution < 1.29 is 0 Å². The quantitative estimate of drug-likeness (QED) is 0.598. The fourth-order valence-electron chi connectivity index (χ4n) is 2.90. The van der Waals surface area contributed by atoms with E-state index in [2.05, 4.69) is 39.6 Å². The van der Waals surface area contributed by atoms with Gasteiger partial charge in [-0.2, -0.15) is 0 Å². The minimum absolute atomic E-state index is 0.645. The van der Waals surface area contributed by atoms with Gasteiger partial charge in [0.25, 0.3) is 0 Å². The maximum atomic E-state index is 5.67. The molecular weight excluding hydrogens is 320 g/mol. The lowest BCUT2D eigenvalue weighted by Crippen LogP contribution is -2.02. The maximum absolute atomic E-state index is 5.67. The predicted octanol–water partition coefficient (Wildman–Crippen LogP) is 2.79. The molecule has 0 bridgehead atoms. The van der Waals surface area contributed by atoms with Gasteiger partial charge in [0.15, 0.2) is 5.82 Å². The highest BCUT2D eigenvalue weighted by molar-refractivity contribution is 7.21. The number of hydrogen-bond donors (Lipinski definition) is 2. The Morgan fingerprint density at radius 3 is 2.92 bits per heavy atom. The molecule has 0 amide bonds. The second kappa shape index (κ2) is 5.85. The van der Waals surface area contributed by atoms with Crippen molar-refractivity contribution in [1.29, 1.82) is 0 Å². The van der Waals surface area contributed by atoms with Gasteiger partial charge in [-0.25, -0.2) is 15.0 Å². The lowest BCUT2D eigenvalue weighted by Gasteiger charge is -2.01. The summed E-state index contributed by atoms with van der Waals surface area (Å²) in [5.74, 6) is 0.783. The van der Waals surface area contributed by atoms with Crippen LogP contribution in [0.15, 0.2) is 30.6 Å². The Morgan fingerprint density at radius 1 is 1.25 bits per heavy atom. The van der Waals surface area contributed by atoms with Crippen LogP contribution < -0.4 is 11.1 Å². The molecule has 0 saturated carbocycles. The van der Waals surface area contributed by atoms with Gasteiger partial charge < -0.3 is 15.6 Å². The van der Waals surface area contributed by atoms with Crippen molar-refractivity contribution in [3.05, 3.63) is 36.2 Å². The van der Waals surface area contributed by atoms with Gasteiger partial charge in [-0.1, -0.05) is 29.5 Å². The zero-order valence-corrected chi connectivity index (χ0v) is 14.4. The SMILES string of the molecule is CNc1nc2sc(-c3cccc(CCN)c3)nc2c2c1ncn2C. The van der Waals surface area contributed by atoms with Gasteiger partial charge in [0.2, 0.25) is 0 Å². The Kier molecular flexibility index (Phi) is 3.66. The second-order valence-electron chi connectivity index (χ2n) is 5.67. The monoisotopic (exact) mass is 338 g/mol. The molecule has 24 heavy (non-hydrogen) atoms. The number of aryl methyl sites for hydroxylation is 1. The number of aromatic nitrogens is 4. The van der Waals surface area contributed by atoms with E-state index in [4.69, 9.17) is 10.7 Å². The third-order valence-corrected chi connectivity index (χ3v) is 5.05. The molecule has 4 aromatic rings. The molecule has 0 radical (unpaired) electrons. The number of thiazole rings is 1. The normalized spacial score (nSPS) is 11.5. The standard InChI is InChI=1S/C17H18N6S/c1-19-15-12-14(23(2)9-20-12)13-17(22-15)24-16(21-13)11-5-3-4-10(8-11)6-7-18/h3-5,8-9H,6-7,18H2,1-2H3,(H,19,22). The van der Waals surface area contributed by atoms with Crippen LogP contribution in [-0.2, 0) is 13.5 Å². The summed E-state index contributed by atoms with van der Waals surface area (Å²) in [7, 11) is 3.84. The minimum Gasteiger partial charge on any atom is -0.371 e. The lowest BCUT2D eigenvalue weighted by atomic mass is 10.1. The zero-order chi connectivity index (χ0) is 16.7. The third-order valence-electron chi connectivity index (χ3n) is 4.05. The molecule has 3 N–H and O–H groups in total. The van der Waals surface area contributed by atoms with E-state index in [0.717, 1.165) is 44.2 Å². The van der Waals surface area contributed by atoms with E-state index in [0.29, 0.717) is 6.54 Å². The van der Waals surface area contributed by atoms with Crippen molar-refractivity contribution in [3.8, 4) is 10.6 Å². The highest BCUT2D eigenvalue weighted by Crippen LogP contribution is 2.35. The summed E-state index contributed by atoms with van der Waals surface area (Å²) in [6, 6.07) is 8.39. The van der Waals surface area contributed by atoms with Crippen LogP contribution in [0.3, 0.4) is 0 Å². The first-order chi connectivity index (χ1) is 11.7. The summed E-state index contributed by atoms with van der Waals surface area (Å²) < 4.78 is 1.99. The van der Waals surface area contributed by atoms with Gasteiger partial charge in [0.1, 0.15) is 26.4 Å². The van der Waals surface area contributed by atoms with Crippen molar-refractivity contribution in [2.24, 2.45) is 12.8 Å². The maximum Gasteiger partial charge on any atom is 0.155 e. The van der Waals surface area contributed by atoms with Crippen LogP contribution >= 0.6 is 11.3 Å². The first kappa shape index (κ1) is 15.0.